The van der Waals surface area contributed by atoms with Crippen LogP contribution in [-0.2, 0) is 0 Å². The van der Waals surface area contributed by atoms with Crippen molar-refractivity contribution in [2.45, 2.75) is 13.0 Å². The number of hydrogen-bond acceptors (Lipinski definition) is 2. The molecule has 0 bridgehead atoms. The molecule has 0 saturated heterocycles. The smallest absolute Gasteiger partial charge is 0.0636 e. The van der Waals surface area contributed by atoms with Gasteiger partial charge in [0.15, 0.2) is 0 Å². The molecule has 0 spiro atoms. The predicted octanol–water partition coefficient (Wildman–Crippen LogP) is 1.28. The Morgan fingerprint density at radius 3 is 2.80 bits per heavy atom. The molecule has 0 aliphatic heterocycles. The molecule has 0 amide bonds. The van der Waals surface area contributed by atoms with E-state index < -0.39 is 0 Å². The van der Waals surface area contributed by atoms with Crippen LogP contribution in [0.1, 0.15) is 6.92 Å². The average Bonchev–Trinajstić information content (AvgIpc) is 1.87. The summed E-state index contributed by atoms with van der Waals surface area (Å²) in [5.41, 5.74) is 1.30. The number of hydrogen-bond donors (Lipinski definition) is 2. The lowest BCUT2D eigenvalue weighted by molar-refractivity contribution is 0.193. The van der Waals surface area contributed by atoms with Gasteiger partial charge >= 0.3 is 0 Å². The minimum absolute atomic E-state index is 0.347. The summed E-state index contributed by atoms with van der Waals surface area (Å²) in [4.78, 5) is 0. The normalized spacial score (nSPS) is 15.4. The first-order chi connectivity index (χ1) is 4.66. The maximum Gasteiger partial charge on any atom is 0.0636 e. The first-order valence-electron chi connectivity index (χ1n) is 3.00. The zero-order valence-electron chi connectivity index (χ0n) is 5.77. The Kier molecular flexibility index (Phi) is 6.13. The third kappa shape index (κ3) is 6.36. The molecule has 2 nitrogen and oxygen atoms in total. The number of rotatable bonds is 4. The van der Waals surface area contributed by atoms with Gasteiger partial charge in [-0.05, 0) is 6.92 Å². The SMILES string of the molecule is CC(O)CNC/C(Cl)=C/Cl. The summed E-state index contributed by atoms with van der Waals surface area (Å²) in [5, 5.41) is 12.2. The largest absolute Gasteiger partial charge is 0.392 e. The van der Waals surface area contributed by atoms with Crippen molar-refractivity contribution in [1.82, 2.24) is 5.32 Å². The summed E-state index contributed by atoms with van der Waals surface area (Å²) in [6.45, 7) is 2.74. The summed E-state index contributed by atoms with van der Waals surface area (Å²) < 4.78 is 0. The Morgan fingerprint density at radius 1 is 1.80 bits per heavy atom. The maximum absolute atomic E-state index is 8.78. The van der Waals surface area contributed by atoms with Gasteiger partial charge in [0.2, 0.25) is 0 Å². The lowest BCUT2D eigenvalue weighted by atomic mass is 10.4. The molecule has 2 N–H and O–H groups in total. The van der Waals surface area contributed by atoms with E-state index in [-0.39, 0.29) is 6.10 Å². The van der Waals surface area contributed by atoms with Crippen LogP contribution in [0.5, 0.6) is 0 Å². The van der Waals surface area contributed by atoms with Crippen LogP contribution in [0.3, 0.4) is 0 Å². The number of nitrogens with one attached hydrogen (secondary N) is 1. The van der Waals surface area contributed by atoms with E-state index in [9.17, 15) is 0 Å². The minimum Gasteiger partial charge on any atom is -0.392 e. The molecule has 0 aliphatic carbocycles. The molecular formula is C6H11Cl2NO. The fourth-order valence-corrected chi connectivity index (χ4v) is 0.611. The van der Waals surface area contributed by atoms with Crippen molar-refractivity contribution in [3.8, 4) is 0 Å². The van der Waals surface area contributed by atoms with E-state index in [1.54, 1.807) is 6.92 Å². The third-order valence-electron chi connectivity index (χ3n) is 0.852. The average molecular weight is 184 g/mol. The maximum atomic E-state index is 8.78. The third-order valence-corrected chi connectivity index (χ3v) is 1.47. The first-order valence-corrected chi connectivity index (χ1v) is 3.81. The van der Waals surface area contributed by atoms with Gasteiger partial charge in [0.05, 0.1) is 6.10 Å². The molecule has 10 heavy (non-hydrogen) atoms. The Labute approximate surface area is 70.8 Å². The van der Waals surface area contributed by atoms with Crippen LogP contribution in [-0.4, -0.2) is 24.3 Å². The molecule has 0 radical (unpaired) electrons. The van der Waals surface area contributed by atoms with Gasteiger partial charge in [-0.15, -0.1) is 0 Å². The van der Waals surface area contributed by atoms with Crippen LogP contribution in [0.25, 0.3) is 0 Å². The van der Waals surface area contributed by atoms with E-state index in [1.807, 2.05) is 0 Å². The molecular weight excluding hydrogens is 173 g/mol. The molecule has 0 fully saturated rings. The molecule has 0 aromatic rings. The summed E-state index contributed by atoms with van der Waals surface area (Å²) in [5.74, 6) is 0. The molecule has 0 saturated carbocycles. The van der Waals surface area contributed by atoms with E-state index in [0.29, 0.717) is 18.1 Å². The van der Waals surface area contributed by atoms with Gasteiger partial charge in [-0.1, -0.05) is 23.2 Å². The molecule has 4 heteroatoms. The molecule has 60 valence electrons. The quantitative estimate of drug-likeness (QED) is 0.689. The Bertz CT molecular complexity index is 114. The highest BCUT2D eigenvalue weighted by atomic mass is 35.5. The van der Waals surface area contributed by atoms with Gasteiger partial charge in [-0.2, -0.15) is 0 Å². The summed E-state index contributed by atoms with van der Waals surface area (Å²) in [6.07, 6.45) is -0.347. The van der Waals surface area contributed by atoms with Crippen LogP contribution in [0.4, 0.5) is 0 Å². The van der Waals surface area contributed by atoms with Gasteiger partial charge < -0.3 is 10.4 Å². The van der Waals surface area contributed by atoms with Crippen molar-refractivity contribution in [3.63, 3.8) is 0 Å². The second-order valence-corrected chi connectivity index (χ2v) is 2.74. The van der Waals surface area contributed by atoms with E-state index in [4.69, 9.17) is 28.3 Å². The minimum atomic E-state index is -0.347. The molecule has 1 unspecified atom stereocenters. The van der Waals surface area contributed by atoms with Crippen LogP contribution in [0.2, 0.25) is 0 Å². The number of aliphatic hydroxyl groups is 1. The zero-order chi connectivity index (χ0) is 7.98. The van der Waals surface area contributed by atoms with Crippen LogP contribution in [0.15, 0.2) is 10.6 Å². The summed E-state index contributed by atoms with van der Waals surface area (Å²) >= 11 is 10.8. The fourth-order valence-electron chi connectivity index (χ4n) is 0.439. The standard InChI is InChI=1S/C6H11Cl2NO/c1-5(10)3-9-4-6(8)2-7/h2,5,9-10H,3-4H2,1H3/b6-2-. The first kappa shape index (κ1) is 10.2. The van der Waals surface area contributed by atoms with Gasteiger partial charge in [0.25, 0.3) is 0 Å². The lowest BCUT2D eigenvalue weighted by Gasteiger charge is -2.04. The Hall–Kier alpha value is 0.240. The molecule has 0 aliphatic rings. The molecule has 0 rings (SSSR count). The van der Waals surface area contributed by atoms with Crippen molar-refractivity contribution in [2.75, 3.05) is 13.1 Å². The Morgan fingerprint density at radius 2 is 2.40 bits per heavy atom. The molecule has 1 atom stereocenters. The summed E-state index contributed by atoms with van der Waals surface area (Å²) in [7, 11) is 0. The molecule has 0 aromatic carbocycles. The van der Waals surface area contributed by atoms with Crippen LogP contribution >= 0.6 is 23.2 Å². The van der Waals surface area contributed by atoms with Crippen LogP contribution < -0.4 is 5.32 Å². The number of aliphatic hydroxyl groups excluding tert-OH is 1. The predicted molar refractivity (Wildman–Crippen MR) is 44.3 cm³/mol. The van der Waals surface area contributed by atoms with E-state index >= 15 is 0 Å². The summed E-state index contributed by atoms with van der Waals surface area (Å²) in [6, 6.07) is 0. The second-order valence-electron chi connectivity index (χ2n) is 2.04. The van der Waals surface area contributed by atoms with Gasteiger partial charge in [-0.3, -0.25) is 0 Å². The van der Waals surface area contributed by atoms with Gasteiger partial charge in [0.1, 0.15) is 0 Å². The fraction of sp³-hybridized carbons (Fsp3) is 0.667. The monoisotopic (exact) mass is 183 g/mol. The van der Waals surface area contributed by atoms with Crippen LogP contribution in [0, 0.1) is 0 Å². The van der Waals surface area contributed by atoms with Crippen molar-refractivity contribution in [3.05, 3.63) is 10.6 Å². The van der Waals surface area contributed by atoms with E-state index in [2.05, 4.69) is 5.32 Å². The van der Waals surface area contributed by atoms with Crippen molar-refractivity contribution < 1.29 is 5.11 Å². The highest BCUT2D eigenvalue weighted by Crippen LogP contribution is 1.99. The Balaban J connectivity index is 3.20. The molecule has 0 heterocycles. The van der Waals surface area contributed by atoms with Gasteiger partial charge in [-0.25, -0.2) is 0 Å². The highest BCUT2D eigenvalue weighted by Gasteiger charge is 1.94. The van der Waals surface area contributed by atoms with E-state index in [1.165, 1.54) is 5.54 Å². The van der Waals surface area contributed by atoms with Crippen molar-refractivity contribution >= 4 is 23.2 Å². The zero-order valence-corrected chi connectivity index (χ0v) is 7.28. The molecule has 0 aromatic heterocycles. The van der Waals surface area contributed by atoms with Crippen molar-refractivity contribution in [2.24, 2.45) is 0 Å². The second kappa shape index (κ2) is 5.98. The number of halogens is 2. The van der Waals surface area contributed by atoms with Gasteiger partial charge in [0, 0.05) is 23.7 Å². The topological polar surface area (TPSA) is 32.3 Å². The van der Waals surface area contributed by atoms with E-state index in [0.717, 1.165) is 0 Å². The highest BCUT2D eigenvalue weighted by molar-refractivity contribution is 6.36. The van der Waals surface area contributed by atoms with Crippen molar-refractivity contribution in [1.29, 1.82) is 0 Å². The lowest BCUT2D eigenvalue weighted by Crippen LogP contribution is -2.25.